The second-order valence-corrected chi connectivity index (χ2v) is 4.63. The van der Waals surface area contributed by atoms with Gasteiger partial charge in [0.25, 0.3) is 0 Å². The molecule has 0 aliphatic heterocycles. The summed E-state index contributed by atoms with van der Waals surface area (Å²) < 4.78 is 5.00. The normalized spacial score (nSPS) is 10.0. The number of hydrogen-bond donors (Lipinski definition) is 3. The lowest BCUT2D eigenvalue weighted by Crippen LogP contribution is -2.14. The quantitative estimate of drug-likeness (QED) is 0.385. The molecule has 0 saturated carbocycles. The third kappa shape index (κ3) is 5.43. The Balaban J connectivity index is 2.73. The minimum absolute atomic E-state index is 0.0420. The molecule has 0 saturated heterocycles. The number of carbonyl (C=O) groups is 3. The van der Waals surface area contributed by atoms with E-state index >= 15 is 0 Å². The summed E-state index contributed by atoms with van der Waals surface area (Å²) in [6.45, 7) is 2.21. The molecular weight excluding hydrogens is 290 g/mol. The predicted octanol–water partition coefficient (Wildman–Crippen LogP) is 2.15. The first-order chi connectivity index (χ1) is 10.5. The number of aliphatic carboxylic acids is 1. The van der Waals surface area contributed by atoms with Crippen molar-refractivity contribution in [1.82, 2.24) is 0 Å². The molecule has 1 rings (SSSR count). The molecule has 1 aromatic rings. The predicted molar refractivity (Wildman–Crippen MR) is 78.8 cm³/mol. The second-order valence-electron chi connectivity index (χ2n) is 4.63. The maximum Gasteiger partial charge on any atom is 0.341 e. The summed E-state index contributed by atoms with van der Waals surface area (Å²) in [7, 11) is 0. The fourth-order valence-electron chi connectivity index (χ4n) is 1.63. The first kappa shape index (κ1) is 17.5. The average molecular weight is 309 g/mol. The maximum absolute atomic E-state index is 11.8. The number of rotatable bonds is 8. The van der Waals surface area contributed by atoms with Crippen molar-refractivity contribution in [3.8, 4) is 5.75 Å². The van der Waals surface area contributed by atoms with E-state index in [-0.39, 0.29) is 30.7 Å². The number of benzene rings is 1. The Morgan fingerprint density at radius 2 is 1.95 bits per heavy atom. The lowest BCUT2D eigenvalue weighted by atomic mass is 10.1. The molecule has 0 fully saturated rings. The minimum atomic E-state index is -1.09. The van der Waals surface area contributed by atoms with Crippen molar-refractivity contribution in [2.75, 3.05) is 11.9 Å². The highest BCUT2D eigenvalue weighted by Crippen LogP contribution is 2.28. The number of carboxylic acid groups (broad SMARTS) is 1. The fraction of sp³-hybridized carbons (Fsp3) is 0.400. The molecule has 0 spiro atoms. The van der Waals surface area contributed by atoms with Crippen molar-refractivity contribution < 1.29 is 29.3 Å². The van der Waals surface area contributed by atoms with Crippen LogP contribution in [0.3, 0.4) is 0 Å². The van der Waals surface area contributed by atoms with Crippen LogP contribution in [0.1, 0.15) is 43.0 Å². The smallest absolute Gasteiger partial charge is 0.341 e. The van der Waals surface area contributed by atoms with Crippen LogP contribution in [0.5, 0.6) is 5.75 Å². The van der Waals surface area contributed by atoms with E-state index in [1.54, 1.807) is 0 Å². The van der Waals surface area contributed by atoms with Gasteiger partial charge in [-0.15, -0.1) is 0 Å². The molecule has 0 aliphatic rings. The van der Waals surface area contributed by atoms with Crippen LogP contribution in [0.15, 0.2) is 18.2 Å². The minimum Gasteiger partial charge on any atom is -0.505 e. The standard InChI is InChI=1S/C15H19NO6/c1-2-3-9-22-15(21)10-5-4-6-11(14(10)20)16-12(17)7-8-13(18)19/h4-6,20H,2-3,7-9H2,1H3,(H,16,17)(H,18,19). The van der Waals surface area contributed by atoms with Gasteiger partial charge in [-0.25, -0.2) is 4.79 Å². The highest BCUT2D eigenvalue weighted by molar-refractivity contribution is 5.99. The van der Waals surface area contributed by atoms with Gasteiger partial charge >= 0.3 is 11.9 Å². The first-order valence-electron chi connectivity index (χ1n) is 6.96. The molecule has 1 amide bonds. The number of carbonyl (C=O) groups excluding carboxylic acids is 2. The van der Waals surface area contributed by atoms with Crippen molar-refractivity contribution in [3.05, 3.63) is 23.8 Å². The zero-order valence-electron chi connectivity index (χ0n) is 12.3. The average Bonchev–Trinajstić information content (AvgIpc) is 2.47. The molecule has 0 bridgehead atoms. The van der Waals surface area contributed by atoms with Crippen molar-refractivity contribution >= 4 is 23.5 Å². The summed E-state index contributed by atoms with van der Waals surface area (Å²) >= 11 is 0. The van der Waals surface area contributed by atoms with Gasteiger partial charge in [0.2, 0.25) is 5.91 Å². The molecule has 0 aliphatic carbocycles. The topological polar surface area (TPSA) is 113 Å². The number of nitrogens with one attached hydrogen (secondary N) is 1. The van der Waals surface area contributed by atoms with Gasteiger partial charge in [-0.1, -0.05) is 19.4 Å². The molecule has 0 aromatic heterocycles. The van der Waals surface area contributed by atoms with E-state index in [1.165, 1.54) is 18.2 Å². The first-order valence-corrected chi connectivity index (χ1v) is 6.96. The number of para-hydroxylation sites is 1. The zero-order valence-corrected chi connectivity index (χ0v) is 12.3. The number of phenolic OH excluding ortho intramolecular Hbond substituents is 1. The molecule has 7 heteroatoms. The second kappa shape index (κ2) is 8.66. The Bertz CT molecular complexity index is 555. The van der Waals surface area contributed by atoms with Gasteiger partial charge in [0, 0.05) is 6.42 Å². The van der Waals surface area contributed by atoms with Crippen molar-refractivity contribution in [2.45, 2.75) is 32.6 Å². The number of ether oxygens (including phenoxy) is 1. The van der Waals surface area contributed by atoms with Gasteiger partial charge in [0.1, 0.15) is 5.56 Å². The maximum atomic E-state index is 11.8. The van der Waals surface area contributed by atoms with Crippen LogP contribution >= 0.6 is 0 Å². The SMILES string of the molecule is CCCCOC(=O)c1cccc(NC(=O)CCC(=O)O)c1O. The van der Waals surface area contributed by atoms with Crippen LogP contribution in [0, 0.1) is 0 Å². The van der Waals surface area contributed by atoms with E-state index in [9.17, 15) is 19.5 Å². The number of anilines is 1. The van der Waals surface area contributed by atoms with Crippen LogP contribution in [0.25, 0.3) is 0 Å². The molecule has 7 nitrogen and oxygen atoms in total. The number of aromatic hydroxyl groups is 1. The molecule has 22 heavy (non-hydrogen) atoms. The molecule has 0 heterocycles. The van der Waals surface area contributed by atoms with E-state index in [1.807, 2.05) is 6.92 Å². The third-order valence-electron chi connectivity index (χ3n) is 2.83. The number of phenols is 1. The Labute approximate surface area is 127 Å². The van der Waals surface area contributed by atoms with Gasteiger partial charge < -0.3 is 20.3 Å². The van der Waals surface area contributed by atoms with Crippen molar-refractivity contribution in [2.24, 2.45) is 0 Å². The summed E-state index contributed by atoms with van der Waals surface area (Å²) in [4.78, 5) is 33.8. The van der Waals surface area contributed by atoms with Crippen molar-refractivity contribution in [3.63, 3.8) is 0 Å². The Kier molecular flexibility index (Phi) is 6.88. The third-order valence-corrected chi connectivity index (χ3v) is 2.83. The monoisotopic (exact) mass is 309 g/mol. The summed E-state index contributed by atoms with van der Waals surface area (Å²) in [6.07, 6.45) is 1.06. The largest absolute Gasteiger partial charge is 0.505 e. The fourth-order valence-corrected chi connectivity index (χ4v) is 1.63. The lowest BCUT2D eigenvalue weighted by molar-refractivity contribution is -0.138. The molecule has 1 aromatic carbocycles. The molecule has 120 valence electrons. The van der Waals surface area contributed by atoms with E-state index in [2.05, 4.69) is 5.32 Å². The summed E-state index contributed by atoms with van der Waals surface area (Å²) in [5.41, 5.74) is -0.00697. The van der Waals surface area contributed by atoms with Crippen molar-refractivity contribution in [1.29, 1.82) is 0 Å². The van der Waals surface area contributed by atoms with Gasteiger partial charge in [0.05, 0.1) is 18.7 Å². The number of unbranched alkanes of at least 4 members (excludes halogenated alkanes) is 1. The molecule has 0 atom stereocenters. The van der Waals surface area contributed by atoms with Crippen LogP contribution in [0.4, 0.5) is 5.69 Å². The zero-order chi connectivity index (χ0) is 16.5. The Morgan fingerprint density at radius 3 is 2.59 bits per heavy atom. The molecule has 3 N–H and O–H groups in total. The number of carboxylic acids is 1. The van der Waals surface area contributed by atoms with Crippen LogP contribution in [-0.4, -0.2) is 34.7 Å². The van der Waals surface area contributed by atoms with E-state index in [0.29, 0.717) is 0 Å². The van der Waals surface area contributed by atoms with Gasteiger partial charge in [-0.2, -0.15) is 0 Å². The molecule has 0 unspecified atom stereocenters. The van der Waals surface area contributed by atoms with Gasteiger partial charge in [0.15, 0.2) is 5.75 Å². The Hall–Kier alpha value is -2.57. The van der Waals surface area contributed by atoms with E-state index in [0.717, 1.165) is 12.8 Å². The van der Waals surface area contributed by atoms with Crippen LogP contribution < -0.4 is 5.32 Å². The number of hydrogen-bond acceptors (Lipinski definition) is 5. The number of esters is 1. The lowest BCUT2D eigenvalue weighted by Gasteiger charge is -2.10. The van der Waals surface area contributed by atoms with E-state index in [4.69, 9.17) is 9.84 Å². The molecular formula is C15H19NO6. The van der Waals surface area contributed by atoms with Crippen LogP contribution in [0.2, 0.25) is 0 Å². The van der Waals surface area contributed by atoms with Gasteiger partial charge in [-0.3, -0.25) is 9.59 Å². The Morgan fingerprint density at radius 1 is 1.23 bits per heavy atom. The van der Waals surface area contributed by atoms with Crippen LogP contribution in [-0.2, 0) is 14.3 Å². The van der Waals surface area contributed by atoms with E-state index < -0.39 is 23.6 Å². The summed E-state index contributed by atoms with van der Waals surface area (Å²) in [5.74, 6) is -2.72. The number of amides is 1. The highest BCUT2D eigenvalue weighted by atomic mass is 16.5. The summed E-state index contributed by atoms with van der Waals surface area (Å²) in [6, 6.07) is 4.29. The summed E-state index contributed by atoms with van der Waals surface area (Å²) in [5, 5.41) is 20.9. The highest BCUT2D eigenvalue weighted by Gasteiger charge is 2.17. The van der Waals surface area contributed by atoms with Gasteiger partial charge in [-0.05, 0) is 18.6 Å². The molecule has 0 radical (unpaired) electrons.